The molecule has 0 spiro atoms. The van der Waals surface area contributed by atoms with Crippen LogP contribution in [0.4, 0.5) is 0 Å². The number of fused-ring (bicyclic) bond motifs is 2. The number of furan rings is 1. The molecule has 3 rings (SSSR count). The smallest absolute Gasteiger partial charge is 0.339 e. The molecule has 0 bridgehead atoms. The molecule has 0 saturated heterocycles. The Kier molecular flexibility index (Phi) is 4.87. The normalized spacial score (nSPS) is 11.4. The Morgan fingerprint density at radius 2 is 1.73 bits per heavy atom. The number of amides is 1. The lowest BCUT2D eigenvalue weighted by Crippen LogP contribution is -2.30. The standard InChI is InChI=1S/C20H23NO5/c1-11-13(3)25-17-10-18-16(9-15(11)17)12(2)14(20(24)26-18)5-6-19(23)21(4)7-8-22/h9-10,22H,5-8H2,1-4H3. The minimum atomic E-state index is -0.424. The first-order valence-electron chi connectivity index (χ1n) is 8.64. The Labute approximate surface area is 151 Å². The molecular weight excluding hydrogens is 334 g/mol. The summed E-state index contributed by atoms with van der Waals surface area (Å²) in [6, 6.07) is 3.74. The van der Waals surface area contributed by atoms with Crippen LogP contribution >= 0.6 is 0 Å². The van der Waals surface area contributed by atoms with Crippen LogP contribution in [0.5, 0.6) is 0 Å². The molecule has 1 aromatic carbocycles. The summed E-state index contributed by atoms with van der Waals surface area (Å²) in [4.78, 5) is 26.0. The maximum Gasteiger partial charge on any atom is 0.339 e. The van der Waals surface area contributed by atoms with Gasteiger partial charge >= 0.3 is 5.63 Å². The number of carbonyl (C=O) groups is 1. The fourth-order valence-electron chi connectivity index (χ4n) is 3.21. The highest BCUT2D eigenvalue weighted by Gasteiger charge is 2.17. The summed E-state index contributed by atoms with van der Waals surface area (Å²) in [7, 11) is 1.63. The van der Waals surface area contributed by atoms with E-state index in [2.05, 4.69) is 0 Å². The van der Waals surface area contributed by atoms with Gasteiger partial charge in [0.05, 0.1) is 6.61 Å². The quantitative estimate of drug-likeness (QED) is 0.710. The highest BCUT2D eigenvalue weighted by Crippen LogP contribution is 2.31. The van der Waals surface area contributed by atoms with Gasteiger partial charge < -0.3 is 18.8 Å². The van der Waals surface area contributed by atoms with E-state index in [9.17, 15) is 9.59 Å². The Morgan fingerprint density at radius 3 is 2.42 bits per heavy atom. The van der Waals surface area contributed by atoms with E-state index in [1.807, 2.05) is 26.8 Å². The molecule has 0 aliphatic carbocycles. The van der Waals surface area contributed by atoms with E-state index in [0.29, 0.717) is 23.2 Å². The maximum atomic E-state index is 12.4. The average molecular weight is 357 g/mol. The minimum Gasteiger partial charge on any atom is -0.461 e. The van der Waals surface area contributed by atoms with Crippen LogP contribution in [0.2, 0.25) is 0 Å². The summed E-state index contributed by atoms with van der Waals surface area (Å²) in [5.41, 5.74) is 3.17. The first kappa shape index (κ1) is 18.2. The fourth-order valence-corrected chi connectivity index (χ4v) is 3.21. The number of rotatable bonds is 5. The number of aliphatic hydroxyl groups is 1. The lowest BCUT2D eigenvalue weighted by Gasteiger charge is -2.15. The van der Waals surface area contributed by atoms with E-state index in [1.165, 1.54) is 4.90 Å². The molecule has 0 fully saturated rings. The molecule has 0 aliphatic heterocycles. The third-order valence-electron chi connectivity index (χ3n) is 5.03. The van der Waals surface area contributed by atoms with Crippen molar-refractivity contribution < 1.29 is 18.7 Å². The van der Waals surface area contributed by atoms with Crippen molar-refractivity contribution >= 4 is 27.8 Å². The molecule has 6 heteroatoms. The highest BCUT2D eigenvalue weighted by atomic mass is 16.4. The largest absolute Gasteiger partial charge is 0.461 e. The van der Waals surface area contributed by atoms with Crippen molar-refractivity contribution in [2.75, 3.05) is 20.2 Å². The zero-order valence-corrected chi connectivity index (χ0v) is 15.5. The summed E-state index contributed by atoms with van der Waals surface area (Å²) in [6.45, 7) is 5.98. The Morgan fingerprint density at radius 1 is 1.08 bits per heavy atom. The average Bonchev–Trinajstić information content (AvgIpc) is 2.87. The summed E-state index contributed by atoms with van der Waals surface area (Å²) in [5, 5.41) is 10.8. The number of likely N-dealkylation sites (N-methyl/N-ethyl adjacent to an activating group) is 1. The van der Waals surface area contributed by atoms with Crippen molar-refractivity contribution in [2.24, 2.45) is 0 Å². The maximum absolute atomic E-state index is 12.4. The first-order chi connectivity index (χ1) is 12.3. The van der Waals surface area contributed by atoms with E-state index >= 15 is 0 Å². The van der Waals surface area contributed by atoms with Crippen LogP contribution in [0, 0.1) is 20.8 Å². The molecule has 26 heavy (non-hydrogen) atoms. The number of carbonyl (C=O) groups excluding carboxylic acids is 1. The molecule has 0 saturated carbocycles. The van der Waals surface area contributed by atoms with Gasteiger partial charge in [0.2, 0.25) is 5.91 Å². The fraction of sp³-hybridized carbons (Fsp3) is 0.400. The molecule has 2 aromatic heterocycles. The number of aryl methyl sites for hydroxylation is 3. The van der Waals surface area contributed by atoms with E-state index < -0.39 is 5.63 Å². The molecule has 2 heterocycles. The van der Waals surface area contributed by atoms with Crippen molar-refractivity contribution in [3.8, 4) is 0 Å². The van der Waals surface area contributed by atoms with Crippen molar-refractivity contribution in [1.29, 1.82) is 0 Å². The second-order valence-corrected chi connectivity index (χ2v) is 6.66. The topological polar surface area (TPSA) is 83.9 Å². The molecule has 0 atom stereocenters. The monoisotopic (exact) mass is 357 g/mol. The van der Waals surface area contributed by atoms with Crippen LogP contribution in [-0.4, -0.2) is 36.1 Å². The van der Waals surface area contributed by atoms with Crippen LogP contribution in [0.25, 0.3) is 21.9 Å². The second kappa shape index (κ2) is 6.96. The van der Waals surface area contributed by atoms with Crippen molar-refractivity contribution in [3.05, 3.63) is 45.0 Å². The van der Waals surface area contributed by atoms with Gasteiger partial charge in [-0.25, -0.2) is 4.79 Å². The van der Waals surface area contributed by atoms with Crippen LogP contribution in [0.15, 0.2) is 25.8 Å². The molecular formula is C20H23NO5. The van der Waals surface area contributed by atoms with Crippen LogP contribution < -0.4 is 5.63 Å². The third-order valence-corrected chi connectivity index (χ3v) is 5.03. The van der Waals surface area contributed by atoms with Gasteiger partial charge in [-0.05, 0) is 44.4 Å². The third kappa shape index (κ3) is 3.12. The van der Waals surface area contributed by atoms with E-state index in [4.69, 9.17) is 13.9 Å². The minimum absolute atomic E-state index is 0.0845. The molecule has 6 nitrogen and oxygen atoms in total. The van der Waals surface area contributed by atoms with Gasteiger partial charge in [0.1, 0.15) is 16.9 Å². The molecule has 138 valence electrons. The van der Waals surface area contributed by atoms with Gasteiger partial charge in [-0.1, -0.05) is 0 Å². The Hall–Kier alpha value is -2.60. The Balaban J connectivity index is 2.01. The number of aliphatic hydroxyl groups excluding tert-OH is 1. The second-order valence-electron chi connectivity index (χ2n) is 6.66. The summed E-state index contributed by atoms with van der Waals surface area (Å²) < 4.78 is 11.2. The van der Waals surface area contributed by atoms with Gasteiger partial charge in [0.15, 0.2) is 0 Å². The van der Waals surface area contributed by atoms with Gasteiger partial charge in [0, 0.05) is 42.4 Å². The molecule has 0 aliphatic rings. The predicted molar refractivity (Wildman–Crippen MR) is 99.5 cm³/mol. The van der Waals surface area contributed by atoms with Crippen LogP contribution in [0.1, 0.15) is 28.9 Å². The predicted octanol–water partition coefficient (Wildman–Crippen LogP) is 2.85. The summed E-state index contributed by atoms with van der Waals surface area (Å²) in [6.07, 6.45) is 0.500. The number of benzene rings is 1. The van der Waals surface area contributed by atoms with Crippen molar-refractivity contribution in [1.82, 2.24) is 4.90 Å². The van der Waals surface area contributed by atoms with Gasteiger partial charge in [-0.15, -0.1) is 0 Å². The summed E-state index contributed by atoms with van der Waals surface area (Å²) in [5.74, 6) is 0.725. The first-order valence-corrected chi connectivity index (χ1v) is 8.64. The van der Waals surface area contributed by atoms with Crippen LogP contribution in [0.3, 0.4) is 0 Å². The lowest BCUT2D eigenvalue weighted by molar-refractivity contribution is -0.130. The zero-order chi connectivity index (χ0) is 19.0. The van der Waals surface area contributed by atoms with E-state index in [1.54, 1.807) is 13.1 Å². The zero-order valence-electron chi connectivity index (χ0n) is 15.5. The number of hydrogen-bond donors (Lipinski definition) is 1. The molecule has 0 radical (unpaired) electrons. The Bertz CT molecular complexity index is 1040. The SMILES string of the molecule is Cc1oc2cc3oc(=O)c(CCC(=O)N(C)CCO)c(C)c3cc2c1C. The van der Waals surface area contributed by atoms with Crippen molar-refractivity contribution in [3.63, 3.8) is 0 Å². The van der Waals surface area contributed by atoms with E-state index in [-0.39, 0.29) is 25.5 Å². The number of hydrogen-bond acceptors (Lipinski definition) is 5. The highest BCUT2D eigenvalue weighted by molar-refractivity contribution is 5.96. The lowest BCUT2D eigenvalue weighted by atomic mass is 10.0. The molecule has 3 aromatic rings. The van der Waals surface area contributed by atoms with Gasteiger partial charge in [0.25, 0.3) is 0 Å². The van der Waals surface area contributed by atoms with Gasteiger partial charge in [-0.2, -0.15) is 0 Å². The molecule has 1 amide bonds. The van der Waals surface area contributed by atoms with Crippen molar-refractivity contribution in [2.45, 2.75) is 33.6 Å². The van der Waals surface area contributed by atoms with Gasteiger partial charge in [-0.3, -0.25) is 4.79 Å². The van der Waals surface area contributed by atoms with Crippen LogP contribution in [-0.2, 0) is 11.2 Å². The van der Waals surface area contributed by atoms with E-state index in [0.717, 1.165) is 27.7 Å². The molecule has 1 N–H and O–H groups in total. The number of nitrogens with zero attached hydrogens (tertiary/aromatic N) is 1. The summed E-state index contributed by atoms with van der Waals surface area (Å²) >= 11 is 0. The molecule has 0 unspecified atom stereocenters.